The number of methoxy groups -OCH3 is 1. The van der Waals surface area contributed by atoms with Crippen LogP contribution in [0.5, 0.6) is 5.75 Å². The maximum absolute atomic E-state index is 12.7. The van der Waals surface area contributed by atoms with E-state index in [4.69, 9.17) is 4.74 Å². The monoisotopic (exact) mass is 352 g/mol. The molecule has 1 atom stereocenters. The summed E-state index contributed by atoms with van der Waals surface area (Å²) in [5.41, 5.74) is 2.47. The molecule has 0 saturated heterocycles. The average molecular weight is 352 g/mol. The molecule has 1 amide bonds. The Morgan fingerprint density at radius 1 is 1.23 bits per heavy atom. The molecule has 0 spiro atoms. The predicted octanol–water partition coefficient (Wildman–Crippen LogP) is 2.61. The van der Waals surface area contributed by atoms with Crippen molar-refractivity contribution >= 4 is 5.91 Å². The Labute approximate surface area is 150 Å². The lowest BCUT2D eigenvalue weighted by molar-refractivity contribution is 0.0733. The summed E-state index contributed by atoms with van der Waals surface area (Å²) in [7, 11) is 3.08. The van der Waals surface area contributed by atoms with E-state index in [-0.39, 0.29) is 28.8 Å². The van der Waals surface area contributed by atoms with Gasteiger partial charge in [-0.1, -0.05) is 30.3 Å². The molecule has 1 aromatic carbocycles. The molecule has 0 radical (unpaired) electrons. The van der Waals surface area contributed by atoms with E-state index in [1.807, 2.05) is 43.3 Å². The molecule has 0 aliphatic carbocycles. The van der Waals surface area contributed by atoms with Crippen molar-refractivity contribution in [2.24, 2.45) is 0 Å². The second-order valence-corrected chi connectivity index (χ2v) is 5.95. The van der Waals surface area contributed by atoms with Gasteiger partial charge in [-0.15, -0.1) is 0 Å². The van der Waals surface area contributed by atoms with Gasteiger partial charge >= 0.3 is 0 Å². The summed E-state index contributed by atoms with van der Waals surface area (Å²) in [4.78, 5) is 28.9. The SMILES string of the molecule is COc1c[nH]c(C(=O)N(C)[C@H](C)c2cc(-c3ccccc3)n[nH]2)cc1=O. The number of amides is 1. The lowest BCUT2D eigenvalue weighted by atomic mass is 10.1. The molecule has 26 heavy (non-hydrogen) atoms. The lowest BCUT2D eigenvalue weighted by Crippen LogP contribution is -2.31. The number of ether oxygens (including phenoxy) is 1. The second kappa shape index (κ2) is 7.26. The van der Waals surface area contributed by atoms with Crippen LogP contribution in [-0.2, 0) is 0 Å². The number of pyridine rings is 1. The number of nitrogens with one attached hydrogen (secondary N) is 2. The van der Waals surface area contributed by atoms with Crippen molar-refractivity contribution in [3.05, 3.63) is 70.3 Å². The molecule has 7 nitrogen and oxygen atoms in total. The number of hydrogen-bond donors (Lipinski definition) is 2. The van der Waals surface area contributed by atoms with Gasteiger partial charge in [0, 0.05) is 24.9 Å². The van der Waals surface area contributed by atoms with Crippen LogP contribution in [0, 0.1) is 0 Å². The summed E-state index contributed by atoms with van der Waals surface area (Å²) in [6, 6.07) is 12.7. The van der Waals surface area contributed by atoms with E-state index in [1.165, 1.54) is 19.4 Å². The minimum atomic E-state index is -0.344. The maximum Gasteiger partial charge on any atom is 0.270 e. The van der Waals surface area contributed by atoms with Crippen molar-refractivity contribution < 1.29 is 9.53 Å². The quantitative estimate of drug-likeness (QED) is 0.738. The third-order valence-electron chi connectivity index (χ3n) is 4.35. The average Bonchev–Trinajstić information content (AvgIpc) is 3.17. The highest BCUT2D eigenvalue weighted by atomic mass is 16.5. The Hall–Kier alpha value is -3.35. The van der Waals surface area contributed by atoms with Crippen molar-refractivity contribution in [1.29, 1.82) is 0 Å². The highest BCUT2D eigenvalue weighted by Gasteiger charge is 2.22. The summed E-state index contributed by atoms with van der Waals surface area (Å²) in [6.07, 6.45) is 1.39. The smallest absolute Gasteiger partial charge is 0.270 e. The number of hydrogen-bond acceptors (Lipinski definition) is 4. The molecule has 134 valence electrons. The summed E-state index contributed by atoms with van der Waals surface area (Å²) in [5, 5.41) is 7.31. The zero-order valence-corrected chi connectivity index (χ0v) is 14.8. The molecule has 3 aromatic rings. The van der Waals surface area contributed by atoms with Gasteiger partial charge in [0.15, 0.2) is 5.75 Å². The van der Waals surface area contributed by atoms with Crippen LogP contribution in [-0.4, -0.2) is 40.1 Å². The highest BCUT2D eigenvalue weighted by Crippen LogP contribution is 2.23. The van der Waals surface area contributed by atoms with Gasteiger partial charge in [0.05, 0.1) is 24.5 Å². The fraction of sp³-hybridized carbons (Fsp3) is 0.211. The number of aromatic nitrogens is 3. The minimum Gasteiger partial charge on any atom is -0.491 e. The van der Waals surface area contributed by atoms with Crippen molar-refractivity contribution in [2.45, 2.75) is 13.0 Å². The van der Waals surface area contributed by atoms with Crippen LogP contribution in [0.1, 0.15) is 29.1 Å². The Balaban J connectivity index is 1.80. The molecule has 3 rings (SSSR count). The van der Waals surface area contributed by atoms with Crippen LogP contribution >= 0.6 is 0 Å². The molecule has 2 heterocycles. The van der Waals surface area contributed by atoms with Gasteiger partial charge in [-0.2, -0.15) is 5.10 Å². The summed E-state index contributed by atoms with van der Waals surface area (Å²) in [5.74, 6) is -0.133. The summed E-state index contributed by atoms with van der Waals surface area (Å²) >= 11 is 0. The number of nitrogens with zero attached hydrogens (tertiary/aromatic N) is 2. The molecule has 2 aromatic heterocycles. The van der Waals surface area contributed by atoms with Gasteiger partial charge in [-0.25, -0.2) is 0 Å². The first kappa shape index (κ1) is 17.5. The third-order valence-corrected chi connectivity index (χ3v) is 4.35. The first-order chi connectivity index (χ1) is 12.5. The van der Waals surface area contributed by atoms with E-state index in [2.05, 4.69) is 15.2 Å². The van der Waals surface area contributed by atoms with E-state index in [1.54, 1.807) is 11.9 Å². The van der Waals surface area contributed by atoms with Crippen molar-refractivity contribution in [3.63, 3.8) is 0 Å². The Kier molecular flexibility index (Phi) is 4.88. The Bertz CT molecular complexity index is 962. The number of benzene rings is 1. The van der Waals surface area contributed by atoms with E-state index in [0.717, 1.165) is 17.0 Å². The van der Waals surface area contributed by atoms with Gasteiger partial charge in [-0.05, 0) is 13.0 Å². The molecule has 0 bridgehead atoms. The molecular formula is C19H20N4O3. The van der Waals surface area contributed by atoms with Crippen LogP contribution in [0.4, 0.5) is 0 Å². The van der Waals surface area contributed by atoms with E-state index in [0.29, 0.717) is 0 Å². The van der Waals surface area contributed by atoms with Crippen LogP contribution in [0.2, 0.25) is 0 Å². The Morgan fingerprint density at radius 2 is 1.96 bits per heavy atom. The van der Waals surface area contributed by atoms with Crippen LogP contribution in [0.25, 0.3) is 11.3 Å². The molecule has 7 heteroatoms. The van der Waals surface area contributed by atoms with Crippen molar-refractivity contribution in [2.75, 3.05) is 14.2 Å². The van der Waals surface area contributed by atoms with E-state index >= 15 is 0 Å². The number of rotatable bonds is 5. The van der Waals surface area contributed by atoms with Gasteiger partial charge in [0.2, 0.25) is 5.43 Å². The fourth-order valence-electron chi connectivity index (χ4n) is 2.62. The molecule has 2 N–H and O–H groups in total. The number of H-pyrrole nitrogens is 2. The van der Waals surface area contributed by atoms with Gasteiger partial charge < -0.3 is 14.6 Å². The molecular weight excluding hydrogens is 332 g/mol. The summed E-state index contributed by atoms with van der Waals surface area (Å²) in [6.45, 7) is 1.89. The van der Waals surface area contributed by atoms with E-state index < -0.39 is 0 Å². The second-order valence-electron chi connectivity index (χ2n) is 5.95. The van der Waals surface area contributed by atoms with Gasteiger partial charge in [0.25, 0.3) is 5.91 Å². The van der Waals surface area contributed by atoms with Crippen molar-refractivity contribution in [1.82, 2.24) is 20.1 Å². The predicted molar refractivity (Wildman–Crippen MR) is 98.1 cm³/mol. The number of carbonyl (C=O) groups is 1. The Morgan fingerprint density at radius 3 is 2.62 bits per heavy atom. The van der Waals surface area contributed by atoms with Gasteiger partial charge in [0.1, 0.15) is 5.69 Å². The summed E-state index contributed by atoms with van der Waals surface area (Å²) < 4.78 is 4.92. The largest absolute Gasteiger partial charge is 0.491 e. The van der Waals surface area contributed by atoms with Crippen LogP contribution < -0.4 is 10.2 Å². The lowest BCUT2D eigenvalue weighted by Gasteiger charge is -2.23. The van der Waals surface area contributed by atoms with Crippen molar-refractivity contribution in [3.8, 4) is 17.0 Å². The van der Waals surface area contributed by atoms with Gasteiger partial charge in [-0.3, -0.25) is 14.7 Å². The molecule has 0 aliphatic heterocycles. The van der Waals surface area contributed by atoms with E-state index in [9.17, 15) is 9.59 Å². The molecule has 0 fully saturated rings. The topological polar surface area (TPSA) is 91.1 Å². The van der Waals surface area contributed by atoms with Crippen LogP contribution in [0.3, 0.4) is 0 Å². The fourth-order valence-corrected chi connectivity index (χ4v) is 2.62. The third kappa shape index (κ3) is 3.37. The maximum atomic E-state index is 12.7. The molecule has 0 aliphatic rings. The highest BCUT2D eigenvalue weighted by molar-refractivity contribution is 5.92. The van der Waals surface area contributed by atoms with Crippen LogP contribution in [0.15, 0.2) is 53.5 Å². The minimum absolute atomic E-state index is 0.165. The number of carbonyl (C=O) groups excluding carboxylic acids is 1. The normalized spacial score (nSPS) is 11.8. The standard InChI is InChI=1S/C19H20N4O3/c1-12(14-9-15(22-21-14)13-7-5-4-6-8-13)23(2)19(25)16-10-17(24)18(26-3)11-20-16/h4-12H,1-3H3,(H,20,24)(H,21,22)/t12-/m1/s1. The number of aromatic amines is 2. The zero-order valence-electron chi connectivity index (χ0n) is 14.8. The molecule has 0 unspecified atom stereocenters. The first-order valence-electron chi connectivity index (χ1n) is 8.16. The first-order valence-corrected chi connectivity index (χ1v) is 8.16. The zero-order chi connectivity index (χ0) is 18.7. The molecule has 0 saturated carbocycles.